The van der Waals surface area contributed by atoms with E-state index in [-0.39, 0.29) is 47.3 Å². The third-order valence-corrected chi connectivity index (χ3v) is 5.58. The van der Waals surface area contributed by atoms with Gasteiger partial charge >= 0.3 is 5.97 Å². The molecule has 1 aliphatic rings. The number of thiocarbonyl (C=S) groups is 1. The van der Waals surface area contributed by atoms with Gasteiger partial charge in [-0.1, -0.05) is 0 Å². The maximum Gasteiger partial charge on any atom is 0.332 e. The van der Waals surface area contributed by atoms with Crippen molar-refractivity contribution in [2.45, 2.75) is 38.0 Å². The van der Waals surface area contributed by atoms with Crippen LogP contribution in [0.2, 0.25) is 5.28 Å². The number of alkyl halides is 1. The standard InChI is InChI=1S/C19H21ClFN7O5S/c1-3-31-11(29)7-30-6-10-13(33-18(34)27-5-4-23-8-27)19(2,21)16(32-10)28-9-24-12-14(22)25-17(20)26-15(12)28/h4-5,8-10,13,16H,3,6-7H2,1-2H3,(H2,22,25,26)/t10-,13-,16-,19-/m1/s1. The second kappa shape index (κ2) is 9.74. The lowest BCUT2D eigenvalue weighted by atomic mass is 9.98. The third kappa shape index (κ3) is 4.66. The molecule has 4 rings (SSSR count). The highest BCUT2D eigenvalue weighted by Gasteiger charge is 2.58. The first-order valence-electron chi connectivity index (χ1n) is 10.1. The largest absolute Gasteiger partial charge is 0.464 e. The Labute approximate surface area is 203 Å². The van der Waals surface area contributed by atoms with Gasteiger partial charge in [0.25, 0.3) is 5.17 Å². The van der Waals surface area contributed by atoms with Gasteiger partial charge < -0.3 is 24.7 Å². The van der Waals surface area contributed by atoms with Gasteiger partial charge in [-0.2, -0.15) is 9.97 Å². The molecule has 0 bridgehead atoms. The van der Waals surface area contributed by atoms with E-state index in [2.05, 4.69) is 19.9 Å². The van der Waals surface area contributed by atoms with Crippen LogP contribution in [-0.2, 0) is 23.7 Å². The Balaban J connectivity index is 1.63. The van der Waals surface area contributed by atoms with E-state index in [1.807, 2.05) is 0 Å². The number of carbonyl (C=O) groups excluding carboxylic acids is 1. The molecule has 34 heavy (non-hydrogen) atoms. The van der Waals surface area contributed by atoms with E-state index in [1.54, 1.807) is 13.1 Å². The van der Waals surface area contributed by atoms with Crippen LogP contribution in [0.5, 0.6) is 0 Å². The Morgan fingerprint density at radius 2 is 2.21 bits per heavy atom. The topological polar surface area (TPSA) is 141 Å². The minimum Gasteiger partial charge on any atom is -0.464 e. The van der Waals surface area contributed by atoms with Gasteiger partial charge in [0.05, 0.1) is 19.5 Å². The molecule has 1 aliphatic heterocycles. The number of fused-ring (bicyclic) bond motifs is 1. The van der Waals surface area contributed by atoms with Crippen LogP contribution in [0.15, 0.2) is 25.0 Å². The van der Waals surface area contributed by atoms with Crippen LogP contribution in [-0.4, -0.2) is 77.9 Å². The molecule has 182 valence electrons. The van der Waals surface area contributed by atoms with Crippen molar-refractivity contribution in [1.29, 1.82) is 0 Å². The lowest BCUT2D eigenvalue weighted by Crippen LogP contribution is -2.44. The molecular formula is C19H21ClFN7O5S. The first-order chi connectivity index (χ1) is 16.2. The Morgan fingerprint density at radius 3 is 2.91 bits per heavy atom. The van der Waals surface area contributed by atoms with Crippen LogP contribution in [0.1, 0.15) is 20.1 Å². The summed E-state index contributed by atoms with van der Waals surface area (Å²) in [6.07, 6.45) is 2.33. The quantitative estimate of drug-likeness (QED) is 0.280. The summed E-state index contributed by atoms with van der Waals surface area (Å²) in [6.45, 7) is 2.65. The fourth-order valence-electron chi connectivity index (χ4n) is 3.61. The van der Waals surface area contributed by atoms with Crippen molar-refractivity contribution in [2.24, 2.45) is 0 Å². The molecule has 0 unspecified atom stereocenters. The maximum absolute atomic E-state index is 16.4. The number of hydrogen-bond donors (Lipinski definition) is 1. The number of ether oxygens (including phenoxy) is 4. The summed E-state index contributed by atoms with van der Waals surface area (Å²) in [5.74, 6) is -0.524. The molecule has 1 fully saturated rings. The third-order valence-electron chi connectivity index (χ3n) is 5.10. The first kappa shape index (κ1) is 24.2. The minimum atomic E-state index is -2.16. The lowest BCUT2D eigenvalue weighted by molar-refractivity contribution is -0.150. The van der Waals surface area contributed by atoms with Crippen molar-refractivity contribution in [1.82, 2.24) is 29.1 Å². The SMILES string of the molecule is CCOC(=O)COC[C@H]1O[C@@H](n2cnc3c(N)nc(Cl)nc32)[C@](C)(F)[C@@H]1OC(=S)n1ccnc1. The number of nitrogens with zero attached hydrogens (tertiary/aromatic N) is 6. The summed E-state index contributed by atoms with van der Waals surface area (Å²) in [7, 11) is 0. The van der Waals surface area contributed by atoms with Crippen molar-refractivity contribution in [3.63, 3.8) is 0 Å². The van der Waals surface area contributed by atoms with Crippen molar-refractivity contribution in [3.05, 3.63) is 30.3 Å². The van der Waals surface area contributed by atoms with E-state index < -0.39 is 30.1 Å². The van der Waals surface area contributed by atoms with Crippen molar-refractivity contribution in [3.8, 4) is 0 Å². The predicted molar refractivity (Wildman–Crippen MR) is 121 cm³/mol. The number of carbonyl (C=O) groups is 1. The van der Waals surface area contributed by atoms with Crippen LogP contribution >= 0.6 is 23.8 Å². The average molecular weight is 514 g/mol. The Kier molecular flexibility index (Phi) is 6.93. The molecule has 0 amide bonds. The van der Waals surface area contributed by atoms with E-state index in [4.69, 9.17) is 48.5 Å². The zero-order valence-corrected chi connectivity index (χ0v) is 19.7. The normalized spacial score (nSPS) is 24.4. The van der Waals surface area contributed by atoms with Gasteiger partial charge in [0, 0.05) is 12.4 Å². The maximum atomic E-state index is 16.4. The number of nitrogens with two attached hydrogens (primary N) is 1. The Hall–Kier alpha value is -2.94. The Bertz CT molecular complexity index is 1190. The second-order valence-corrected chi connectivity index (χ2v) is 8.16. The highest BCUT2D eigenvalue weighted by atomic mass is 35.5. The predicted octanol–water partition coefficient (Wildman–Crippen LogP) is 1.68. The van der Waals surface area contributed by atoms with E-state index in [9.17, 15) is 4.79 Å². The summed E-state index contributed by atoms with van der Waals surface area (Å²) in [5.41, 5.74) is 4.12. The monoisotopic (exact) mass is 513 g/mol. The number of halogens is 2. The van der Waals surface area contributed by atoms with Crippen molar-refractivity contribution >= 4 is 51.9 Å². The summed E-state index contributed by atoms with van der Waals surface area (Å²) in [6, 6.07) is 0. The average Bonchev–Trinajstić information content (AvgIpc) is 3.49. The number of nitrogen functional groups attached to an aromatic ring is 1. The number of anilines is 1. The molecule has 1 saturated heterocycles. The van der Waals surface area contributed by atoms with Crippen molar-refractivity contribution in [2.75, 3.05) is 25.6 Å². The minimum absolute atomic E-state index is 0.0377. The zero-order valence-electron chi connectivity index (χ0n) is 18.1. The fourth-order valence-corrected chi connectivity index (χ4v) is 3.99. The number of hydrogen-bond acceptors (Lipinski definition) is 11. The van der Waals surface area contributed by atoms with Gasteiger partial charge in [-0.05, 0) is 37.7 Å². The molecule has 4 heterocycles. The lowest BCUT2D eigenvalue weighted by Gasteiger charge is -2.28. The van der Waals surface area contributed by atoms with Gasteiger partial charge in [-0.15, -0.1) is 0 Å². The molecule has 0 aliphatic carbocycles. The number of esters is 1. The molecule has 2 N–H and O–H groups in total. The van der Waals surface area contributed by atoms with Gasteiger partial charge in [-0.3, -0.25) is 9.13 Å². The van der Waals surface area contributed by atoms with Crippen LogP contribution in [0.4, 0.5) is 10.2 Å². The summed E-state index contributed by atoms with van der Waals surface area (Å²) < 4.78 is 41.2. The van der Waals surface area contributed by atoms with Gasteiger partial charge in [0.2, 0.25) is 5.28 Å². The summed E-state index contributed by atoms with van der Waals surface area (Å²) in [4.78, 5) is 27.7. The molecule has 3 aromatic heterocycles. The van der Waals surface area contributed by atoms with Gasteiger partial charge in [0.1, 0.15) is 24.6 Å². The molecule has 3 aromatic rings. The summed E-state index contributed by atoms with van der Waals surface area (Å²) >= 11 is 11.2. The van der Waals surface area contributed by atoms with Gasteiger partial charge in [-0.25, -0.2) is 19.2 Å². The molecule has 4 atom stereocenters. The van der Waals surface area contributed by atoms with Crippen LogP contribution in [0, 0.1) is 0 Å². The molecule has 0 saturated carbocycles. The molecule has 15 heteroatoms. The van der Waals surface area contributed by atoms with Crippen molar-refractivity contribution < 1.29 is 28.1 Å². The highest BCUT2D eigenvalue weighted by molar-refractivity contribution is 7.80. The van der Waals surface area contributed by atoms with E-state index in [0.717, 1.165) is 0 Å². The molecule has 0 spiro atoms. The number of imidazole rings is 2. The first-order valence-corrected chi connectivity index (χ1v) is 10.9. The molecule has 0 aromatic carbocycles. The fraction of sp³-hybridized carbons (Fsp3) is 0.474. The molecule has 0 radical (unpaired) electrons. The molecule has 12 nitrogen and oxygen atoms in total. The molecular weight excluding hydrogens is 493 g/mol. The van der Waals surface area contributed by atoms with Crippen LogP contribution < -0.4 is 5.73 Å². The second-order valence-electron chi connectivity index (χ2n) is 7.47. The van der Waals surface area contributed by atoms with E-state index in [0.29, 0.717) is 0 Å². The zero-order chi connectivity index (χ0) is 24.5. The smallest absolute Gasteiger partial charge is 0.332 e. The Morgan fingerprint density at radius 1 is 1.41 bits per heavy atom. The van der Waals surface area contributed by atoms with Crippen LogP contribution in [0.25, 0.3) is 11.2 Å². The van der Waals surface area contributed by atoms with E-state index in [1.165, 1.54) is 34.9 Å². The number of aromatic nitrogens is 6. The highest BCUT2D eigenvalue weighted by Crippen LogP contribution is 2.44. The van der Waals surface area contributed by atoms with Gasteiger partial charge in [0.15, 0.2) is 29.5 Å². The van der Waals surface area contributed by atoms with Crippen LogP contribution in [0.3, 0.4) is 0 Å². The van der Waals surface area contributed by atoms with E-state index >= 15 is 4.39 Å². The summed E-state index contributed by atoms with van der Waals surface area (Å²) in [5, 5.41) is -0.176. The number of rotatable bonds is 7.